The minimum absolute atomic E-state index is 0.136. The number of hydrogen-bond donors (Lipinski definition) is 2. The van der Waals surface area contributed by atoms with Crippen LogP contribution in [-0.2, 0) is 6.18 Å². The van der Waals surface area contributed by atoms with Crippen LogP contribution in [0.15, 0.2) is 48.5 Å². The molecule has 2 atom stereocenters. The fourth-order valence-corrected chi connectivity index (χ4v) is 2.82. The van der Waals surface area contributed by atoms with Gasteiger partial charge in [-0.15, -0.1) is 0 Å². The number of aryl methyl sites for hydroxylation is 1. The number of likely N-dealkylation sites (N-methyl/N-ethyl adjacent to an activating group) is 2. The Hall–Kier alpha value is -1.85. The number of nitrogens with one attached hydrogen (secondary N) is 2. The van der Waals surface area contributed by atoms with Crippen molar-refractivity contribution < 1.29 is 13.2 Å². The van der Waals surface area contributed by atoms with Gasteiger partial charge in [0, 0.05) is 0 Å². The lowest BCUT2D eigenvalue weighted by Crippen LogP contribution is -2.32. The molecule has 0 aliphatic rings. The zero-order valence-electron chi connectivity index (χ0n) is 13.4. The van der Waals surface area contributed by atoms with Crippen LogP contribution in [0.3, 0.4) is 0 Å². The van der Waals surface area contributed by atoms with Crippen LogP contribution < -0.4 is 10.6 Å². The average molecular weight is 322 g/mol. The zero-order valence-corrected chi connectivity index (χ0v) is 13.4. The molecular weight excluding hydrogens is 301 g/mol. The van der Waals surface area contributed by atoms with Crippen molar-refractivity contribution in [3.8, 4) is 0 Å². The van der Waals surface area contributed by atoms with Gasteiger partial charge in [-0.3, -0.25) is 0 Å². The molecule has 2 rings (SSSR count). The Bertz CT molecular complexity index is 653. The van der Waals surface area contributed by atoms with E-state index in [0.717, 1.165) is 17.2 Å². The van der Waals surface area contributed by atoms with Crippen molar-refractivity contribution in [2.45, 2.75) is 25.2 Å². The van der Waals surface area contributed by atoms with E-state index < -0.39 is 11.7 Å². The topological polar surface area (TPSA) is 24.1 Å². The highest BCUT2D eigenvalue weighted by atomic mass is 19.4. The lowest BCUT2D eigenvalue weighted by atomic mass is 9.92. The molecule has 0 fully saturated rings. The van der Waals surface area contributed by atoms with Gasteiger partial charge < -0.3 is 10.6 Å². The molecule has 2 nitrogen and oxygen atoms in total. The third-order valence-corrected chi connectivity index (χ3v) is 3.93. The quantitative estimate of drug-likeness (QED) is 0.860. The van der Waals surface area contributed by atoms with Crippen LogP contribution in [0.2, 0.25) is 0 Å². The van der Waals surface area contributed by atoms with E-state index in [0.29, 0.717) is 5.56 Å². The summed E-state index contributed by atoms with van der Waals surface area (Å²) in [6.45, 7) is 1.99. The second-order valence-corrected chi connectivity index (χ2v) is 5.57. The first-order valence-corrected chi connectivity index (χ1v) is 7.45. The molecule has 0 aromatic heterocycles. The molecule has 0 spiro atoms. The first-order chi connectivity index (χ1) is 10.9. The van der Waals surface area contributed by atoms with Gasteiger partial charge in [0.25, 0.3) is 0 Å². The van der Waals surface area contributed by atoms with E-state index in [1.165, 1.54) is 12.1 Å². The van der Waals surface area contributed by atoms with Crippen molar-refractivity contribution in [3.05, 3.63) is 70.8 Å². The normalized spacial score (nSPS) is 14.5. The molecule has 0 aliphatic carbocycles. The van der Waals surface area contributed by atoms with E-state index in [2.05, 4.69) is 10.6 Å². The van der Waals surface area contributed by atoms with Crippen LogP contribution in [0, 0.1) is 6.92 Å². The third-order valence-electron chi connectivity index (χ3n) is 3.93. The minimum atomic E-state index is -4.34. The summed E-state index contributed by atoms with van der Waals surface area (Å²) in [5.41, 5.74) is 2.11. The molecule has 0 aliphatic heterocycles. The van der Waals surface area contributed by atoms with Crippen LogP contribution in [0.5, 0.6) is 0 Å². The number of halogens is 3. The van der Waals surface area contributed by atoms with Gasteiger partial charge in [0.1, 0.15) is 0 Å². The highest BCUT2D eigenvalue weighted by Crippen LogP contribution is 2.34. The molecule has 0 saturated heterocycles. The first kappa shape index (κ1) is 17.5. The molecule has 2 aromatic rings. The Balaban J connectivity index is 2.41. The van der Waals surface area contributed by atoms with Crippen molar-refractivity contribution in [2.24, 2.45) is 0 Å². The summed E-state index contributed by atoms with van der Waals surface area (Å²) < 4.78 is 38.9. The van der Waals surface area contributed by atoms with Crippen LogP contribution in [0.1, 0.15) is 34.3 Å². The summed E-state index contributed by atoms with van der Waals surface area (Å²) >= 11 is 0. The smallest absolute Gasteiger partial charge is 0.311 e. The largest absolute Gasteiger partial charge is 0.416 e. The highest BCUT2D eigenvalue weighted by Gasteiger charge is 2.31. The summed E-state index contributed by atoms with van der Waals surface area (Å²) in [6.07, 6.45) is -4.34. The van der Waals surface area contributed by atoms with Crippen LogP contribution in [0.4, 0.5) is 13.2 Å². The summed E-state index contributed by atoms with van der Waals surface area (Å²) in [6, 6.07) is 13.0. The third kappa shape index (κ3) is 4.12. The zero-order chi connectivity index (χ0) is 17.0. The second-order valence-electron chi connectivity index (χ2n) is 5.57. The molecular formula is C18H21F3N2. The van der Waals surface area contributed by atoms with E-state index >= 15 is 0 Å². The predicted octanol–water partition coefficient (Wildman–Crippen LogP) is 4.24. The Labute approximate surface area is 134 Å². The Morgan fingerprint density at radius 2 is 1.35 bits per heavy atom. The molecule has 2 aromatic carbocycles. The molecule has 0 heterocycles. The number of rotatable bonds is 5. The summed E-state index contributed by atoms with van der Waals surface area (Å²) in [5.74, 6) is 0. The SMILES string of the molecule is CN[C@H](c1cccc(C)c1)[C@H](NC)c1cccc(C(F)(F)F)c1. The molecule has 0 amide bonds. The van der Waals surface area contributed by atoms with Gasteiger partial charge in [-0.25, -0.2) is 0 Å². The maximum absolute atomic E-state index is 13.0. The first-order valence-electron chi connectivity index (χ1n) is 7.45. The van der Waals surface area contributed by atoms with Gasteiger partial charge in [0.2, 0.25) is 0 Å². The van der Waals surface area contributed by atoms with Crippen molar-refractivity contribution in [3.63, 3.8) is 0 Å². The molecule has 0 bridgehead atoms. The Kier molecular flexibility index (Phi) is 5.44. The Morgan fingerprint density at radius 1 is 0.826 bits per heavy atom. The van der Waals surface area contributed by atoms with E-state index in [1.807, 2.05) is 38.2 Å². The van der Waals surface area contributed by atoms with E-state index in [9.17, 15) is 13.2 Å². The molecule has 23 heavy (non-hydrogen) atoms. The van der Waals surface area contributed by atoms with Crippen LogP contribution >= 0.6 is 0 Å². The fraction of sp³-hybridized carbons (Fsp3) is 0.333. The number of hydrogen-bond acceptors (Lipinski definition) is 2. The lowest BCUT2D eigenvalue weighted by Gasteiger charge is -2.28. The molecule has 0 saturated carbocycles. The van der Waals surface area contributed by atoms with Crippen molar-refractivity contribution in [1.29, 1.82) is 0 Å². The van der Waals surface area contributed by atoms with Gasteiger partial charge in [-0.2, -0.15) is 13.2 Å². The summed E-state index contributed by atoms with van der Waals surface area (Å²) in [4.78, 5) is 0. The average Bonchev–Trinajstić information content (AvgIpc) is 2.51. The highest BCUT2D eigenvalue weighted by molar-refractivity contribution is 5.33. The van der Waals surface area contributed by atoms with E-state index in [-0.39, 0.29) is 12.1 Å². The van der Waals surface area contributed by atoms with Gasteiger partial charge in [0.15, 0.2) is 0 Å². The van der Waals surface area contributed by atoms with Crippen LogP contribution in [-0.4, -0.2) is 14.1 Å². The number of alkyl halides is 3. The second kappa shape index (κ2) is 7.15. The molecule has 0 radical (unpaired) electrons. The van der Waals surface area contributed by atoms with Gasteiger partial charge in [0.05, 0.1) is 17.6 Å². The van der Waals surface area contributed by atoms with Crippen molar-refractivity contribution in [2.75, 3.05) is 14.1 Å². The maximum Gasteiger partial charge on any atom is 0.416 e. The van der Waals surface area contributed by atoms with E-state index in [4.69, 9.17) is 0 Å². The summed E-state index contributed by atoms with van der Waals surface area (Å²) in [7, 11) is 3.57. The molecule has 2 N–H and O–H groups in total. The minimum Gasteiger partial charge on any atom is -0.311 e. The standard InChI is InChI=1S/C18H21F3N2/c1-12-6-4-7-13(10-12)16(22-2)17(23-3)14-8-5-9-15(11-14)18(19,20)21/h4-11,16-17,22-23H,1-3H3/t16-,17-/m1/s1. The fourth-order valence-electron chi connectivity index (χ4n) is 2.82. The van der Waals surface area contributed by atoms with Gasteiger partial charge >= 0.3 is 6.18 Å². The molecule has 0 unspecified atom stereocenters. The predicted molar refractivity (Wildman–Crippen MR) is 86.2 cm³/mol. The van der Waals surface area contributed by atoms with E-state index in [1.54, 1.807) is 13.1 Å². The van der Waals surface area contributed by atoms with Gasteiger partial charge in [-0.1, -0.05) is 42.0 Å². The monoisotopic (exact) mass is 322 g/mol. The van der Waals surface area contributed by atoms with Crippen LogP contribution in [0.25, 0.3) is 0 Å². The lowest BCUT2D eigenvalue weighted by molar-refractivity contribution is -0.137. The molecule has 124 valence electrons. The Morgan fingerprint density at radius 3 is 1.83 bits per heavy atom. The van der Waals surface area contributed by atoms with Crippen molar-refractivity contribution in [1.82, 2.24) is 10.6 Å². The maximum atomic E-state index is 13.0. The van der Waals surface area contributed by atoms with Gasteiger partial charge in [-0.05, 0) is 44.3 Å². The summed E-state index contributed by atoms with van der Waals surface area (Å²) in [5, 5.41) is 6.35. The van der Waals surface area contributed by atoms with Crippen molar-refractivity contribution >= 4 is 0 Å². The number of benzene rings is 2. The molecule has 5 heteroatoms.